The Morgan fingerprint density at radius 1 is 1.35 bits per heavy atom. The quantitative estimate of drug-likeness (QED) is 0.397. The van der Waals surface area contributed by atoms with Crippen molar-refractivity contribution in [2.24, 2.45) is 0 Å². The van der Waals surface area contributed by atoms with E-state index in [0.717, 1.165) is 0 Å². The van der Waals surface area contributed by atoms with Crippen LogP contribution in [0.5, 0.6) is 0 Å². The highest BCUT2D eigenvalue weighted by atomic mass is 16.6. The van der Waals surface area contributed by atoms with E-state index in [1.807, 2.05) is 0 Å². The first-order chi connectivity index (χ1) is 8.25. The van der Waals surface area contributed by atoms with Crippen molar-refractivity contribution in [2.45, 2.75) is 6.54 Å². The fourth-order valence-electron chi connectivity index (χ4n) is 1.37. The van der Waals surface area contributed by atoms with Crippen molar-refractivity contribution in [1.29, 1.82) is 0 Å². The summed E-state index contributed by atoms with van der Waals surface area (Å²) in [5, 5.41) is 22.2. The van der Waals surface area contributed by atoms with Crippen LogP contribution >= 0.6 is 0 Å². The molecule has 0 amide bonds. The van der Waals surface area contributed by atoms with E-state index < -0.39 is 0 Å². The van der Waals surface area contributed by atoms with Crippen LogP contribution < -0.4 is 5.32 Å². The van der Waals surface area contributed by atoms with Gasteiger partial charge < -0.3 is 15.2 Å². The zero-order valence-corrected chi connectivity index (χ0v) is 9.46. The Labute approximate surface area is 99.4 Å². The molecule has 0 saturated heterocycles. The van der Waals surface area contributed by atoms with Crippen molar-refractivity contribution in [1.82, 2.24) is 5.32 Å². The topological polar surface area (TPSA) is 84.6 Å². The fourth-order valence-corrected chi connectivity index (χ4v) is 1.37. The first-order valence-electron chi connectivity index (χ1n) is 5.37. The maximum atomic E-state index is 10.7. The Balaban J connectivity index is 2.34. The second-order valence-electron chi connectivity index (χ2n) is 3.40. The van der Waals surface area contributed by atoms with Gasteiger partial charge in [0.25, 0.3) is 5.69 Å². The predicted octanol–water partition coefficient (Wildman–Crippen LogP) is 0.693. The molecule has 0 aliphatic heterocycles. The molecule has 0 aromatic heterocycles. The number of nitrogens with one attached hydrogen (secondary N) is 1. The van der Waals surface area contributed by atoms with Crippen molar-refractivity contribution in [3.63, 3.8) is 0 Å². The molecule has 0 bridgehead atoms. The highest BCUT2D eigenvalue weighted by Crippen LogP contribution is 2.16. The average Bonchev–Trinajstić information content (AvgIpc) is 2.34. The largest absolute Gasteiger partial charge is 0.394 e. The lowest BCUT2D eigenvalue weighted by atomic mass is 10.2. The number of aliphatic hydroxyl groups excluding tert-OH is 1. The predicted molar refractivity (Wildman–Crippen MR) is 62.7 cm³/mol. The van der Waals surface area contributed by atoms with E-state index in [-0.39, 0.29) is 17.2 Å². The lowest BCUT2D eigenvalue weighted by Gasteiger charge is -2.05. The first-order valence-corrected chi connectivity index (χ1v) is 5.37. The number of ether oxygens (including phenoxy) is 1. The summed E-state index contributed by atoms with van der Waals surface area (Å²) in [7, 11) is 0. The van der Waals surface area contributed by atoms with E-state index in [4.69, 9.17) is 9.84 Å². The van der Waals surface area contributed by atoms with Crippen LogP contribution in [0, 0.1) is 10.1 Å². The third-order valence-electron chi connectivity index (χ3n) is 2.16. The number of aliphatic hydroxyl groups is 1. The maximum absolute atomic E-state index is 10.7. The van der Waals surface area contributed by atoms with Gasteiger partial charge in [-0.3, -0.25) is 10.1 Å². The lowest BCUT2D eigenvalue weighted by molar-refractivity contribution is -0.385. The number of hydrogen-bond acceptors (Lipinski definition) is 5. The maximum Gasteiger partial charge on any atom is 0.273 e. The van der Waals surface area contributed by atoms with Gasteiger partial charge in [-0.05, 0) is 0 Å². The van der Waals surface area contributed by atoms with Gasteiger partial charge in [-0.25, -0.2) is 0 Å². The summed E-state index contributed by atoms with van der Waals surface area (Å²) in [4.78, 5) is 10.3. The highest BCUT2D eigenvalue weighted by Gasteiger charge is 2.10. The molecule has 1 rings (SSSR count). The van der Waals surface area contributed by atoms with Crippen molar-refractivity contribution in [3.05, 3.63) is 39.9 Å². The molecule has 0 atom stereocenters. The molecule has 17 heavy (non-hydrogen) atoms. The van der Waals surface area contributed by atoms with Crippen LogP contribution in [0.4, 0.5) is 5.69 Å². The number of benzene rings is 1. The third-order valence-corrected chi connectivity index (χ3v) is 2.16. The minimum atomic E-state index is -0.390. The van der Waals surface area contributed by atoms with E-state index >= 15 is 0 Å². The summed E-state index contributed by atoms with van der Waals surface area (Å²) in [6.07, 6.45) is 0. The number of nitrogens with zero attached hydrogens (tertiary/aromatic N) is 1. The van der Waals surface area contributed by atoms with Crippen LogP contribution in [0.2, 0.25) is 0 Å². The van der Waals surface area contributed by atoms with Crippen molar-refractivity contribution < 1.29 is 14.8 Å². The Hall–Kier alpha value is -1.50. The minimum Gasteiger partial charge on any atom is -0.394 e. The Kier molecular flexibility index (Phi) is 6.16. The van der Waals surface area contributed by atoms with E-state index in [1.54, 1.807) is 18.2 Å². The minimum absolute atomic E-state index is 0.00412. The molecule has 94 valence electrons. The Bertz CT molecular complexity index is 357. The second kappa shape index (κ2) is 7.72. The van der Waals surface area contributed by atoms with Crippen molar-refractivity contribution >= 4 is 5.69 Å². The molecule has 1 aromatic rings. The van der Waals surface area contributed by atoms with Crippen LogP contribution in [-0.2, 0) is 11.3 Å². The van der Waals surface area contributed by atoms with Crippen LogP contribution in [-0.4, -0.2) is 36.4 Å². The van der Waals surface area contributed by atoms with Gasteiger partial charge in [-0.2, -0.15) is 0 Å². The second-order valence-corrected chi connectivity index (χ2v) is 3.40. The molecule has 0 radical (unpaired) electrons. The smallest absolute Gasteiger partial charge is 0.273 e. The van der Waals surface area contributed by atoms with Crippen molar-refractivity contribution in [2.75, 3.05) is 26.4 Å². The fraction of sp³-hybridized carbons (Fsp3) is 0.455. The van der Waals surface area contributed by atoms with Crippen LogP contribution in [0.3, 0.4) is 0 Å². The molecular weight excluding hydrogens is 224 g/mol. The van der Waals surface area contributed by atoms with E-state index in [0.29, 0.717) is 31.9 Å². The van der Waals surface area contributed by atoms with Gasteiger partial charge in [0.1, 0.15) is 0 Å². The highest BCUT2D eigenvalue weighted by molar-refractivity contribution is 5.39. The summed E-state index contributed by atoms with van der Waals surface area (Å²) >= 11 is 0. The number of hydrogen-bond donors (Lipinski definition) is 2. The van der Waals surface area contributed by atoms with E-state index in [2.05, 4.69) is 5.32 Å². The molecule has 1 aromatic carbocycles. The van der Waals surface area contributed by atoms with Gasteiger partial charge in [0.2, 0.25) is 0 Å². The van der Waals surface area contributed by atoms with Gasteiger partial charge in [-0.1, -0.05) is 18.2 Å². The zero-order valence-electron chi connectivity index (χ0n) is 9.46. The lowest BCUT2D eigenvalue weighted by Crippen LogP contribution is -2.20. The molecule has 0 aliphatic rings. The normalized spacial score (nSPS) is 10.4. The Morgan fingerprint density at radius 2 is 2.12 bits per heavy atom. The summed E-state index contributed by atoms with van der Waals surface area (Å²) in [6, 6.07) is 6.62. The third kappa shape index (κ3) is 4.90. The molecule has 2 N–H and O–H groups in total. The number of para-hydroxylation sites is 1. The summed E-state index contributed by atoms with van der Waals surface area (Å²) < 4.78 is 5.05. The number of nitro groups is 1. The summed E-state index contributed by atoms with van der Waals surface area (Å²) in [5.74, 6) is 0. The summed E-state index contributed by atoms with van der Waals surface area (Å²) in [6.45, 7) is 1.81. The van der Waals surface area contributed by atoms with Gasteiger partial charge in [0.05, 0.1) is 24.7 Å². The van der Waals surface area contributed by atoms with Gasteiger partial charge in [-0.15, -0.1) is 0 Å². The molecule has 6 heteroatoms. The number of nitro benzene ring substituents is 1. The molecule has 0 aliphatic carbocycles. The standard InChI is InChI=1S/C11H16N2O4/c14-6-8-17-7-5-12-9-10-3-1-2-4-11(10)13(15)16/h1-4,12,14H,5-9H2. The molecule has 0 spiro atoms. The van der Waals surface area contributed by atoms with Crippen molar-refractivity contribution in [3.8, 4) is 0 Å². The van der Waals surface area contributed by atoms with Crippen LogP contribution in [0.25, 0.3) is 0 Å². The molecule has 0 unspecified atom stereocenters. The van der Waals surface area contributed by atoms with Crippen LogP contribution in [0.15, 0.2) is 24.3 Å². The first kappa shape index (κ1) is 13.6. The number of rotatable bonds is 8. The van der Waals surface area contributed by atoms with Crippen LogP contribution in [0.1, 0.15) is 5.56 Å². The SMILES string of the molecule is O=[N+]([O-])c1ccccc1CNCCOCCO. The average molecular weight is 240 g/mol. The van der Waals surface area contributed by atoms with E-state index in [9.17, 15) is 10.1 Å². The van der Waals surface area contributed by atoms with E-state index in [1.165, 1.54) is 6.07 Å². The molecule has 0 heterocycles. The van der Waals surface area contributed by atoms with Gasteiger partial charge in [0.15, 0.2) is 0 Å². The molecule has 6 nitrogen and oxygen atoms in total. The van der Waals surface area contributed by atoms with Gasteiger partial charge in [0, 0.05) is 24.7 Å². The Morgan fingerprint density at radius 3 is 2.82 bits per heavy atom. The molecule has 0 saturated carbocycles. The monoisotopic (exact) mass is 240 g/mol. The summed E-state index contributed by atoms with van der Waals surface area (Å²) in [5.41, 5.74) is 0.774. The van der Waals surface area contributed by atoms with Gasteiger partial charge >= 0.3 is 0 Å². The molecule has 0 fully saturated rings. The zero-order chi connectivity index (χ0) is 12.5. The molecular formula is C11H16N2O4.